The Morgan fingerprint density at radius 2 is 1.88 bits per heavy atom. The molecule has 1 aromatic carbocycles. The second-order valence-corrected chi connectivity index (χ2v) is 7.18. The van der Waals surface area contributed by atoms with Gasteiger partial charge in [0.15, 0.2) is 5.96 Å². The summed E-state index contributed by atoms with van der Waals surface area (Å²) in [4.78, 5) is 7.19. The van der Waals surface area contributed by atoms with E-state index in [2.05, 4.69) is 61.1 Å². The third kappa shape index (κ3) is 6.59. The minimum Gasteiger partial charge on any atom is -0.370 e. The van der Waals surface area contributed by atoms with E-state index in [9.17, 15) is 0 Å². The highest BCUT2D eigenvalue weighted by molar-refractivity contribution is 14.0. The number of nitrogens with two attached hydrogens (primary N) is 1. The molecule has 3 N–H and O–H groups in total. The zero-order chi connectivity index (χ0) is 16.8. The Morgan fingerprint density at radius 1 is 1.21 bits per heavy atom. The molecule has 4 nitrogen and oxygen atoms in total. The molecule has 1 aromatic rings. The van der Waals surface area contributed by atoms with Gasteiger partial charge in [-0.15, -0.1) is 24.0 Å². The molecule has 1 unspecified atom stereocenters. The first kappa shape index (κ1) is 21.2. The van der Waals surface area contributed by atoms with Crippen LogP contribution in [0.5, 0.6) is 0 Å². The average molecular weight is 444 g/mol. The molecule has 2 rings (SSSR count). The van der Waals surface area contributed by atoms with E-state index in [-0.39, 0.29) is 24.0 Å². The zero-order valence-electron chi connectivity index (χ0n) is 15.5. The fourth-order valence-corrected chi connectivity index (χ4v) is 3.20. The summed E-state index contributed by atoms with van der Waals surface area (Å²) in [5, 5.41) is 3.22. The molecule has 136 valence electrons. The first-order chi connectivity index (χ1) is 11.0. The lowest BCUT2D eigenvalue weighted by Crippen LogP contribution is -2.37. The van der Waals surface area contributed by atoms with E-state index >= 15 is 0 Å². The van der Waals surface area contributed by atoms with Gasteiger partial charge < -0.3 is 11.1 Å². The van der Waals surface area contributed by atoms with Crippen LogP contribution in [-0.2, 0) is 0 Å². The van der Waals surface area contributed by atoms with Gasteiger partial charge in [0, 0.05) is 11.7 Å². The molecule has 1 atom stereocenters. The van der Waals surface area contributed by atoms with Crippen molar-refractivity contribution in [3.63, 3.8) is 0 Å². The van der Waals surface area contributed by atoms with Gasteiger partial charge in [0.05, 0.1) is 6.54 Å². The number of guanidine groups is 1. The van der Waals surface area contributed by atoms with Crippen LogP contribution in [0.1, 0.15) is 44.2 Å². The number of likely N-dealkylation sites (tertiary alicyclic amines) is 1. The van der Waals surface area contributed by atoms with Crippen LogP contribution < -0.4 is 11.1 Å². The fourth-order valence-electron chi connectivity index (χ4n) is 3.20. The lowest BCUT2D eigenvalue weighted by atomic mass is 10.0. The Hall–Kier alpha value is -0.820. The first-order valence-corrected chi connectivity index (χ1v) is 8.84. The van der Waals surface area contributed by atoms with Crippen LogP contribution in [0.15, 0.2) is 23.2 Å². The highest BCUT2D eigenvalue weighted by Gasteiger charge is 2.22. The number of benzene rings is 1. The Kier molecular flexibility index (Phi) is 9.05. The highest BCUT2D eigenvalue weighted by atomic mass is 127. The highest BCUT2D eigenvalue weighted by Crippen LogP contribution is 2.18. The van der Waals surface area contributed by atoms with E-state index in [1.54, 1.807) is 0 Å². The monoisotopic (exact) mass is 444 g/mol. The number of aryl methyl sites for hydroxylation is 2. The number of rotatable bonds is 6. The number of aliphatic imine (C=N–C) groups is 1. The van der Waals surface area contributed by atoms with Crippen LogP contribution in [0.3, 0.4) is 0 Å². The second-order valence-electron chi connectivity index (χ2n) is 7.18. The summed E-state index contributed by atoms with van der Waals surface area (Å²) in [7, 11) is 0. The number of nitrogens with zero attached hydrogens (tertiary/aromatic N) is 2. The number of hydrogen-bond acceptors (Lipinski definition) is 2. The maximum atomic E-state index is 6.09. The molecule has 0 radical (unpaired) electrons. The summed E-state index contributed by atoms with van der Waals surface area (Å²) in [5.74, 6) is 1.20. The van der Waals surface area contributed by atoms with Gasteiger partial charge in [-0.05, 0) is 75.4 Å². The summed E-state index contributed by atoms with van der Waals surface area (Å²) < 4.78 is 0. The summed E-state index contributed by atoms with van der Waals surface area (Å²) in [6.07, 6.45) is 3.81. The minimum absolute atomic E-state index is 0. The van der Waals surface area contributed by atoms with Gasteiger partial charge >= 0.3 is 0 Å². The Bertz CT molecular complexity index is 536. The smallest absolute Gasteiger partial charge is 0.193 e. The topological polar surface area (TPSA) is 53.6 Å². The third-order valence-electron chi connectivity index (χ3n) is 4.65. The number of hydrogen-bond donors (Lipinski definition) is 2. The van der Waals surface area contributed by atoms with Crippen LogP contribution in [-0.4, -0.2) is 36.5 Å². The van der Waals surface area contributed by atoms with E-state index in [1.165, 1.54) is 43.5 Å². The van der Waals surface area contributed by atoms with Crippen LogP contribution in [0.2, 0.25) is 0 Å². The molecule has 0 aliphatic carbocycles. The van der Waals surface area contributed by atoms with E-state index in [0.717, 1.165) is 12.2 Å². The largest absolute Gasteiger partial charge is 0.370 e. The number of anilines is 1. The van der Waals surface area contributed by atoms with Crippen molar-refractivity contribution in [2.24, 2.45) is 16.6 Å². The molecule has 0 aromatic heterocycles. The molecule has 1 saturated heterocycles. The predicted molar refractivity (Wildman–Crippen MR) is 115 cm³/mol. The molecule has 1 aliphatic heterocycles. The van der Waals surface area contributed by atoms with Crippen LogP contribution in [0, 0.1) is 19.8 Å². The van der Waals surface area contributed by atoms with Crippen LogP contribution >= 0.6 is 24.0 Å². The van der Waals surface area contributed by atoms with Gasteiger partial charge in [-0.2, -0.15) is 0 Å². The normalized spacial score (nSPS) is 17.0. The van der Waals surface area contributed by atoms with E-state index in [0.29, 0.717) is 17.9 Å². The van der Waals surface area contributed by atoms with Gasteiger partial charge in [-0.3, -0.25) is 9.89 Å². The number of nitrogens with one attached hydrogen (secondary N) is 1. The SMILES string of the molecule is Cc1ccc(NC(N)=NCC(CC(C)C)N2CCCC2)cc1C.I. The zero-order valence-corrected chi connectivity index (χ0v) is 17.8. The standard InChI is InChI=1S/C19H32N4.HI/c1-14(2)11-18(23-9-5-6-10-23)13-21-19(20)22-17-8-7-15(3)16(4)12-17;/h7-8,12,14,18H,5-6,9-11,13H2,1-4H3,(H3,20,21,22);1H. The maximum Gasteiger partial charge on any atom is 0.193 e. The molecule has 1 heterocycles. The summed E-state index contributed by atoms with van der Waals surface area (Å²) in [5.41, 5.74) is 9.65. The van der Waals surface area contributed by atoms with Gasteiger partial charge in [0.25, 0.3) is 0 Å². The van der Waals surface area contributed by atoms with E-state index in [4.69, 9.17) is 5.73 Å². The van der Waals surface area contributed by atoms with Crippen molar-refractivity contribution < 1.29 is 0 Å². The van der Waals surface area contributed by atoms with Crippen LogP contribution in [0.25, 0.3) is 0 Å². The van der Waals surface area contributed by atoms with Crippen molar-refractivity contribution in [1.29, 1.82) is 0 Å². The van der Waals surface area contributed by atoms with Gasteiger partial charge in [-0.1, -0.05) is 19.9 Å². The van der Waals surface area contributed by atoms with Crippen molar-refractivity contribution >= 4 is 35.6 Å². The molecule has 0 saturated carbocycles. The molecule has 1 aliphatic rings. The predicted octanol–water partition coefficient (Wildman–Crippen LogP) is 4.16. The molecule has 5 heteroatoms. The Morgan fingerprint density at radius 3 is 2.46 bits per heavy atom. The van der Waals surface area contributed by atoms with Crippen molar-refractivity contribution in [2.75, 3.05) is 25.0 Å². The second kappa shape index (κ2) is 10.2. The van der Waals surface area contributed by atoms with Crippen molar-refractivity contribution in [2.45, 2.75) is 53.0 Å². The molecular weight excluding hydrogens is 411 g/mol. The van der Waals surface area contributed by atoms with Crippen molar-refractivity contribution in [3.05, 3.63) is 29.3 Å². The summed E-state index contributed by atoms with van der Waals surface area (Å²) >= 11 is 0. The Balaban J connectivity index is 0.00000288. The minimum atomic E-state index is 0. The molecular formula is C19H33IN4. The lowest BCUT2D eigenvalue weighted by molar-refractivity contribution is 0.218. The average Bonchev–Trinajstić information content (AvgIpc) is 3.01. The lowest BCUT2D eigenvalue weighted by Gasteiger charge is -2.27. The van der Waals surface area contributed by atoms with Crippen molar-refractivity contribution in [1.82, 2.24) is 4.90 Å². The van der Waals surface area contributed by atoms with Gasteiger partial charge in [0.2, 0.25) is 0 Å². The van der Waals surface area contributed by atoms with E-state index in [1.807, 2.05) is 0 Å². The van der Waals surface area contributed by atoms with Gasteiger partial charge in [0.1, 0.15) is 0 Å². The van der Waals surface area contributed by atoms with Crippen LogP contribution in [0.4, 0.5) is 5.69 Å². The van der Waals surface area contributed by atoms with Gasteiger partial charge in [-0.25, -0.2) is 0 Å². The quantitative estimate of drug-likeness (QED) is 0.394. The summed E-state index contributed by atoms with van der Waals surface area (Å²) in [6, 6.07) is 6.79. The summed E-state index contributed by atoms with van der Waals surface area (Å²) in [6.45, 7) is 12.0. The molecule has 24 heavy (non-hydrogen) atoms. The molecule has 0 amide bonds. The fraction of sp³-hybridized carbons (Fsp3) is 0.632. The molecule has 1 fully saturated rings. The molecule has 0 bridgehead atoms. The number of halogens is 1. The first-order valence-electron chi connectivity index (χ1n) is 8.84. The van der Waals surface area contributed by atoms with Crippen molar-refractivity contribution in [3.8, 4) is 0 Å². The van der Waals surface area contributed by atoms with E-state index < -0.39 is 0 Å². The third-order valence-corrected chi connectivity index (χ3v) is 4.65. The maximum absolute atomic E-state index is 6.09. The Labute approximate surface area is 164 Å². The molecule has 0 spiro atoms.